The molecule has 3 nitrogen and oxygen atoms in total. The zero-order chi connectivity index (χ0) is 12.3. The summed E-state index contributed by atoms with van der Waals surface area (Å²) in [6.07, 6.45) is -0.581. The molecule has 2 atom stereocenters. The number of alkyl halides is 1. The van der Waals surface area contributed by atoms with E-state index in [2.05, 4.69) is 4.74 Å². The van der Waals surface area contributed by atoms with Crippen LogP contribution in [0.1, 0.15) is 31.2 Å². The summed E-state index contributed by atoms with van der Waals surface area (Å²) >= 11 is 0. The number of ether oxygens (including phenoxy) is 1. The van der Waals surface area contributed by atoms with Crippen molar-refractivity contribution in [3.05, 3.63) is 0 Å². The zero-order valence-corrected chi connectivity index (χ0v) is 7.26. The van der Waals surface area contributed by atoms with Crippen molar-refractivity contribution in [2.24, 2.45) is 5.73 Å². The Balaban J connectivity index is 4.40. The third-order valence-corrected chi connectivity index (χ3v) is 1.19. The molecule has 0 aliphatic heterocycles. The Bertz CT molecular complexity index is 230. The minimum absolute atomic E-state index is 0.128. The highest BCUT2D eigenvalue weighted by molar-refractivity contribution is 5.75. The molecule has 0 aliphatic rings. The Morgan fingerprint density at radius 1 is 1.92 bits per heavy atom. The van der Waals surface area contributed by atoms with E-state index in [9.17, 15) is 9.18 Å². The van der Waals surface area contributed by atoms with Gasteiger partial charge in [-0.15, -0.1) is 0 Å². The molecule has 0 aromatic heterocycles. The number of rotatable bonds is 4. The molecule has 0 fully saturated rings. The van der Waals surface area contributed by atoms with E-state index in [-0.39, 0.29) is 6.61 Å². The third kappa shape index (κ3) is 5.07. The van der Waals surface area contributed by atoms with Crippen LogP contribution in [-0.2, 0) is 9.53 Å². The highest BCUT2D eigenvalue weighted by Crippen LogP contribution is 2.15. The number of halogens is 1. The van der Waals surface area contributed by atoms with Crippen molar-refractivity contribution in [2.75, 3.05) is 6.61 Å². The van der Waals surface area contributed by atoms with Gasteiger partial charge in [-0.05, 0) is 20.7 Å². The predicted molar refractivity (Wildman–Crippen MR) is 44.4 cm³/mol. The molecule has 0 bridgehead atoms. The van der Waals surface area contributed by atoms with Crippen LogP contribution in [0.2, 0.25) is 0 Å². The van der Waals surface area contributed by atoms with Crippen LogP contribution >= 0.6 is 0 Å². The molecule has 0 aromatic carbocycles. The van der Waals surface area contributed by atoms with E-state index in [1.54, 1.807) is 6.92 Å². The highest BCUT2D eigenvalue weighted by atomic mass is 19.1. The molecule has 4 heteroatoms. The van der Waals surface area contributed by atoms with Crippen molar-refractivity contribution < 1.29 is 18.0 Å². The van der Waals surface area contributed by atoms with Gasteiger partial charge in [0.2, 0.25) is 0 Å². The number of esters is 1. The number of hydrogen-bond acceptors (Lipinski definition) is 3. The SMILES string of the molecule is [2H]C([2H])([2H])C(C)(F)C[C@H](N)C(=O)OCC. The van der Waals surface area contributed by atoms with E-state index >= 15 is 0 Å². The summed E-state index contributed by atoms with van der Waals surface area (Å²) in [7, 11) is 0. The fraction of sp³-hybridized carbons (Fsp3) is 0.875. The van der Waals surface area contributed by atoms with E-state index in [4.69, 9.17) is 9.85 Å². The molecule has 0 saturated carbocycles. The van der Waals surface area contributed by atoms with Crippen molar-refractivity contribution in [3.63, 3.8) is 0 Å². The summed E-state index contributed by atoms with van der Waals surface area (Å²) in [6, 6.07) is -1.25. The van der Waals surface area contributed by atoms with Gasteiger partial charge < -0.3 is 10.5 Å². The fourth-order valence-electron chi connectivity index (χ4n) is 0.746. The number of hydrogen-bond donors (Lipinski definition) is 1. The second kappa shape index (κ2) is 4.40. The summed E-state index contributed by atoms with van der Waals surface area (Å²) in [5.74, 6) is -0.786. The van der Waals surface area contributed by atoms with Gasteiger partial charge in [-0.25, -0.2) is 4.39 Å². The van der Waals surface area contributed by atoms with Crippen molar-refractivity contribution in [2.45, 2.75) is 38.8 Å². The monoisotopic (exact) mass is 180 g/mol. The first-order chi connectivity index (χ1) is 6.62. The van der Waals surface area contributed by atoms with E-state index < -0.39 is 31.0 Å². The van der Waals surface area contributed by atoms with Gasteiger partial charge in [0.25, 0.3) is 0 Å². The first kappa shape index (κ1) is 6.83. The molecule has 2 N–H and O–H groups in total. The topological polar surface area (TPSA) is 52.3 Å². The van der Waals surface area contributed by atoms with E-state index in [1.165, 1.54) is 0 Å². The van der Waals surface area contributed by atoms with Gasteiger partial charge in [-0.1, -0.05) is 0 Å². The molecular weight excluding hydrogens is 161 g/mol. The van der Waals surface area contributed by atoms with Gasteiger partial charge in [0.05, 0.1) is 6.61 Å². The van der Waals surface area contributed by atoms with Gasteiger partial charge in [-0.2, -0.15) is 0 Å². The molecule has 0 heterocycles. The summed E-state index contributed by atoms with van der Waals surface area (Å²) in [6.45, 7) is -0.178. The Morgan fingerprint density at radius 2 is 2.50 bits per heavy atom. The van der Waals surface area contributed by atoms with Gasteiger partial charge in [0.1, 0.15) is 11.7 Å². The maximum absolute atomic E-state index is 13.6. The summed E-state index contributed by atoms with van der Waals surface area (Å²) in [4.78, 5) is 11.1. The fourth-order valence-corrected chi connectivity index (χ4v) is 0.746. The summed E-state index contributed by atoms with van der Waals surface area (Å²) in [5.41, 5.74) is 2.83. The standard InChI is InChI=1S/C8H16FNO2/c1-4-12-7(11)6(10)5-8(2,3)9/h6H,4-5,10H2,1-3H3/t6-/m0/s1/i2D3/t6-,8?. The van der Waals surface area contributed by atoms with Gasteiger partial charge >= 0.3 is 5.97 Å². The summed E-state index contributed by atoms with van der Waals surface area (Å²) < 4.78 is 38.9. The lowest BCUT2D eigenvalue weighted by Gasteiger charge is -2.17. The van der Waals surface area contributed by atoms with Crippen molar-refractivity contribution in [3.8, 4) is 0 Å². The van der Waals surface area contributed by atoms with Crippen LogP contribution < -0.4 is 5.73 Å². The maximum Gasteiger partial charge on any atom is 0.323 e. The molecule has 0 rings (SSSR count). The Morgan fingerprint density at radius 3 is 2.92 bits per heavy atom. The molecule has 12 heavy (non-hydrogen) atoms. The second-order valence-corrected chi connectivity index (χ2v) is 2.76. The normalized spacial score (nSPS) is 22.8. The lowest BCUT2D eigenvalue weighted by Crippen LogP contribution is -2.37. The van der Waals surface area contributed by atoms with E-state index in [0.717, 1.165) is 6.92 Å². The van der Waals surface area contributed by atoms with Crippen molar-refractivity contribution in [1.29, 1.82) is 0 Å². The Kier molecular flexibility index (Phi) is 2.51. The van der Waals surface area contributed by atoms with Crippen LogP contribution in [0, 0.1) is 0 Å². The van der Waals surface area contributed by atoms with Crippen LogP contribution in [0.3, 0.4) is 0 Å². The maximum atomic E-state index is 13.6. The average Bonchev–Trinajstić information content (AvgIpc) is 2.01. The molecule has 1 unspecified atom stereocenters. The van der Waals surface area contributed by atoms with Gasteiger partial charge in [-0.3, -0.25) is 4.79 Å². The lowest BCUT2D eigenvalue weighted by atomic mass is 10.0. The van der Waals surface area contributed by atoms with Gasteiger partial charge in [0, 0.05) is 10.5 Å². The minimum atomic E-state index is -2.79. The van der Waals surface area contributed by atoms with Crippen LogP contribution in [0.15, 0.2) is 0 Å². The molecule has 0 saturated heterocycles. The predicted octanol–water partition coefficient (Wildman–Crippen LogP) is 1.01. The highest BCUT2D eigenvalue weighted by Gasteiger charge is 2.25. The number of carbonyl (C=O) groups is 1. The largest absolute Gasteiger partial charge is 0.465 e. The minimum Gasteiger partial charge on any atom is -0.465 e. The molecule has 0 amide bonds. The molecular formula is C8H16FNO2. The Hall–Kier alpha value is -0.640. The van der Waals surface area contributed by atoms with E-state index in [0.29, 0.717) is 0 Å². The van der Waals surface area contributed by atoms with E-state index in [1.807, 2.05) is 0 Å². The van der Waals surface area contributed by atoms with Crippen molar-refractivity contribution in [1.82, 2.24) is 0 Å². The van der Waals surface area contributed by atoms with Crippen LogP contribution in [0.25, 0.3) is 0 Å². The molecule has 0 aliphatic carbocycles. The zero-order valence-electron chi connectivity index (χ0n) is 10.3. The smallest absolute Gasteiger partial charge is 0.323 e. The lowest BCUT2D eigenvalue weighted by molar-refractivity contribution is -0.145. The quantitative estimate of drug-likeness (QED) is 0.657. The Labute approximate surface area is 76.3 Å². The third-order valence-electron chi connectivity index (χ3n) is 1.19. The first-order valence-electron chi connectivity index (χ1n) is 5.23. The summed E-state index contributed by atoms with van der Waals surface area (Å²) in [5, 5.41) is 0. The second-order valence-electron chi connectivity index (χ2n) is 2.76. The van der Waals surface area contributed by atoms with Crippen molar-refractivity contribution >= 4 is 5.97 Å². The molecule has 0 radical (unpaired) electrons. The molecule has 72 valence electrons. The molecule has 0 spiro atoms. The van der Waals surface area contributed by atoms with Crippen LogP contribution in [0.4, 0.5) is 4.39 Å². The molecule has 0 aromatic rings. The van der Waals surface area contributed by atoms with Gasteiger partial charge in [0.15, 0.2) is 0 Å². The number of carbonyl (C=O) groups excluding carboxylic acids is 1. The van der Waals surface area contributed by atoms with Crippen LogP contribution in [-0.4, -0.2) is 24.3 Å². The average molecular weight is 180 g/mol. The number of nitrogens with two attached hydrogens (primary N) is 1. The first-order valence-corrected chi connectivity index (χ1v) is 3.73. The van der Waals surface area contributed by atoms with Crippen LogP contribution in [0.5, 0.6) is 0 Å².